The molecule has 0 saturated heterocycles. The van der Waals surface area contributed by atoms with Gasteiger partial charge in [0, 0.05) is 12.0 Å². The molecule has 1 fully saturated rings. The maximum absolute atomic E-state index is 12.8. The molecule has 6 heteroatoms. The second-order valence-electron chi connectivity index (χ2n) is 6.31. The predicted octanol–water partition coefficient (Wildman–Crippen LogP) is 1.43. The van der Waals surface area contributed by atoms with E-state index in [2.05, 4.69) is 0 Å². The molecular weight excluding hydrogens is 310 g/mol. The molecule has 1 aromatic carbocycles. The van der Waals surface area contributed by atoms with Gasteiger partial charge in [-0.2, -0.15) is 0 Å². The molecule has 0 aliphatic heterocycles. The third kappa shape index (κ3) is 1.99. The van der Waals surface area contributed by atoms with E-state index in [4.69, 9.17) is 19.9 Å². The topological polar surface area (TPSA) is 87.8 Å². The first-order valence-electron chi connectivity index (χ1n) is 7.75. The Balaban J connectivity index is 2.06. The lowest BCUT2D eigenvalue weighted by molar-refractivity contribution is -0.148. The van der Waals surface area contributed by atoms with Crippen LogP contribution in [0.25, 0.3) is 0 Å². The van der Waals surface area contributed by atoms with E-state index in [1.165, 1.54) is 13.2 Å². The van der Waals surface area contributed by atoms with Crippen molar-refractivity contribution in [2.45, 2.75) is 18.4 Å². The summed E-state index contributed by atoms with van der Waals surface area (Å²) in [5.74, 6) is -0.175. The van der Waals surface area contributed by atoms with E-state index in [-0.39, 0.29) is 29.2 Å². The minimum atomic E-state index is -1.28. The van der Waals surface area contributed by atoms with Crippen LogP contribution < -0.4 is 15.2 Å². The molecule has 2 N–H and O–H groups in total. The summed E-state index contributed by atoms with van der Waals surface area (Å²) in [5, 5.41) is 0. The van der Waals surface area contributed by atoms with Crippen molar-refractivity contribution in [2.24, 2.45) is 17.6 Å². The molecule has 3 rings (SSSR count). The van der Waals surface area contributed by atoms with Gasteiger partial charge in [0.1, 0.15) is 5.54 Å². The normalized spacial score (nSPS) is 31.7. The first kappa shape index (κ1) is 16.5. The fraction of sp³-hybridized carbons (Fsp3) is 0.444. The molecule has 6 nitrogen and oxygen atoms in total. The molecule has 24 heavy (non-hydrogen) atoms. The Morgan fingerprint density at radius 1 is 1.00 bits per heavy atom. The van der Waals surface area contributed by atoms with Gasteiger partial charge in [0.25, 0.3) is 0 Å². The number of rotatable bonds is 4. The second-order valence-corrected chi connectivity index (χ2v) is 6.31. The molecule has 0 radical (unpaired) electrons. The largest absolute Gasteiger partial charge is 0.493 e. The van der Waals surface area contributed by atoms with Crippen LogP contribution in [0.15, 0.2) is 30.0 Å². The first-order valence-corrected chi connectivity index (χ1v) is 7.75. The van der Waals surface area contributed by atoms with Crippen molar-refractivity contribution in [2.75, 3.05) is 21.3 Å². The van der Waals surface area contributed by atoms with Crippen molar-refractivity contribution in [1.82, 2.24) is 0 Å². The summed E-state index contributed by atoms with van der Waals surface area (Å²) >= 11 is 0. The zero-order chi connectivity index (χ0) is 17.6. The van der Waals surface area contributed by atoms with E-state index in [0.717, 1.165) is 5.56 Å². The number of hydrogen-bond acceptors (Lipinski definition) is 6. The number of carbonyl (C=O) groups is 2. The first-order chi connectivity index (χ1) is 11.4. The molecule has 2 aliphatic carbocycles. The van der Waals surface area contributed by atoms with Crippen molar-refractivity contribution >= 4 is 11.6 Å². The lowest BCUT2D eigenvalue weighted by Crippen LogP contribution is -2.73. The Labute approximate surface area is 140 Å². The number of methoxy groups -OCH3 is 3. The lowest BCUT2D eigenvalue weighted by atomic mass is 9.46. The van der Waals surface area contributed by atoms with Crippen LogP contribution in [0.3, 0.4) is 0 Å². The summed E-state index contributed by atoms with van der Waals surface area (Å²) in [7, 11) is 4.48. The van der Waals surface area contributed by atoms with Crippen molar-refractivity contribution < 1.29 is 23.8 Å². The monoisotopic (exact) mass is 331 g/mol. The smallest absolute Gasteiger partial charge is 0.218 e. The van der Waals surface area contributed by atoms with Gasteiger partial charge in [0.2, 0.25) is 5.78 Å². The van der Waals surface area contributed by atoms with Crippen LogP contribution in [0, 0.1) is 11.8 Å². The average molecular weight is 331 g/mol. The van der Waals surface area contributed by atoms with Crippen LogP contribution in [0.5, 0.6) is 11.5 Å². The van der Waals surface area contributed by atoms with Gasteiger partial charge >= 0.3 is 0 Å². The Morgan fingerprint density at radius 2 is 1.67 bits per heavy atom. The molecule has 2 aliphatic rings. The van der Waals surface area contributed by atoms with Gasteiger partial charge in [-0.05, 0) is 23.6 Å². The molecule has 0 amide bonds. The van der Waals surface area contributed by atoms with Gasteiger partial charge in [-0.15, -0.1) is 0 Å². The maximum atomic E-state index is 12.8. The van der Waals surface area contributed by atoms with Gasteiger partial charge in [-0.25, -0.2) is 0 Å². The van der Waals surface area contributed by atoms with Gasteiger partial charge in [-0.3, -0.25) is 9.59 Å². The quantitative estimate of drug-likeness (QED) is 0.898. The van der Waals surface area contributed by atoms with Crippen LogP contribution in [0.4, 0.5) is 0 Å². The number of carbonyl (C=O) groups excluding carboxylic acids is 2. The molecule has 0 spiro atoms. The summed E-state index contributed by atoms with van der Waals surface area (Å²) in [4.78, 5) is 25.1. The fourth-order valence-electron chi connectivity index (χ4n) is 4.19. The van der Waals surface area contributed by atoms with E-state index < -0.39 is 11.5 Å². The molecule has 1 aromatic rings. The van der Waals surface area contributed by atoms with E-state index in [0.29, 0.717) is 11.5 Å². The molecule has 4 atom stereocenters. The molecule has 128 valence electrons. The highest BCUT2D eigenvalue weighted by molar-refractivity contribution is 6.16. The highest BCUT2D eigenvalue weighted by Crippen LogP contribution is 2.57. The number of Topliss-reactive ketones (excluding diaryl/α,β-unsaturated/α-hetero) is 1. The van der Waals surface area contributed by atoms with Gasteiger partial charge < -0.3 is 19.9 Å². The number of hydrogen-bond donors (Lipinski definition) is 1. The van der Waals surface area contributed by atoms with E-state index in [9.17, 15) is 9.59 Å². The van der Waals surface area contributed by atoms with E-state index >= 15 is 0 Å². The summed E-state index contributed by atoms with van der Waals surface area (Å²) in [6.45, 7) is 1.94. The summed E-state index contributed by atoms with van der Waals surface area (Å²) in [6, 6.07) is 5.45. The number of nitrogens with two attached hydrogens (primary N) is 1. The van der Waals surface area contributed by atoms with Crippen LogP contribution >= 0.6 is 0 Å². The Kier molecular flexibility index (Phi) is 3.87. The van der Waals surface area contributed by atoms with Crippen molar-refractivity contribution in [1.29, 1.82) is 0 Å². The third-order valence-corrected chi connectivity index (χ3v) is 5.26. The van der Waals surface area contributed by atoms with Crippen molar-refractivity contribution in [3.05, 3.63) is 35.6 Å². The SMILES string of the molecule is COC1=CC(=O)C2[C@H](C)[C@@H](c3ccc(OC)c(OC)c3)[C@]2(N)C1=O. The van der Waals surface area contributed by atoms with Crippen LogP contribution in [-0.4, -0.2) is 38.4 Å². The van der Waals surface area contributed by atoms with Crippen LogP contribution in [0.1, 0.15) is 18.4 Å². The van der Waals surface area contributed by atoms with Crippen LogP contribution in [-0.2, 0) is 14.3 Å². The molecular formula is C18H21NO5. The van der Waals surface area contributed by atoms with Crippen molar-refractivity contribution in [3.8, 4) is 11.5 Å². The Bertz CT molecular complexity index is 741. The maximum Gasteiger partial charge on any atom is 0.218 e. The number of benzene rings is 1. The molecule has 1 saturated carbocycles. The predicted molar refractivity (Wildman–Crippen MR) is 87.0 cm³/mol. The van der Waals surface area contributed by atoms with Gasteiger partial charge in [-0.1, -0.05) is 13.0 Å². The van der Waals surface area contributed by atoms with Crippen molar-refractivity contribution in [3.63, 3.8) is 0 Å². The Morgan fingerprint density at radius 3 is 2.25 bits per heavy atom. The van der Waals surface area contributed by atoms with E-state index in [1.807, 2.05) is 19.1 Å². The third-order valence-electron chi connectivity index (χ3n) is 5.26. The van der Waals surface area contributed by atoms with E-state index in [1.54, 1.807) is 20.3 Å². The Hall–Kier alpha value is -2.34. The highest BCUT2D eigenvalue weighted by atomic mass is 16.5. The number of ether oxygens (including phenoxy) is 3. The zero-order valence-corrected chi connectivity index (χ0v) is 14.2. The summed E-state index contributed by atoms with van der Waals surface area (Å²) < 4.78 is 15.6. The molecule has 0 bridgehead atoms. The van der Waals surface area contributed by atoms with Gasteiger partial charge in [0.05, 0.1) is 27.2 Å². The highest BCUT2D eigenvalue weighted by Gasteiger charge is 2.67. The lowest BCUT2D eigenvalue weighted by Gasteiger charge is -2.57. The average Bonchev–Trinajstić information content (AvgIpc) is 2.57. The minimum Gasteiger partial charge on any atom is -0.493 e. The number of allylic oxidation sites excluding steroid dienone is 1. The summed E-state index contributed by atoms with van der Waals surface area (Å²) in [6.07, 6.45) is 1.26. The zero-order valence-electron chi connectivity index (χ0n) is 14.2. The number of fused-ring (bicyclic) bond motifs is 1. The minimum absolute atomic E-state index is 0.0242. The molecule has 0 aromatic heterocycles. The van der Waals surface area contributed by atoms with Crippen LogP contribution in [0.2, 0.25) is 0 Å². The van der Waals surface area contributed by atoms with Gasteiger partial charge in [0.15, 0.2) is 23.0 Å². The molecule has 1 unspecified atom stereocenters. The fourth-order valence-corrected chi connectivity index (χ4v) is 4.19. The standard InChI is InChI=1S/C18H21NO5/c1-9-15(10-5-6-12(22-2)13(7-10)23-3)18(19)16(9)11(20)8-14(24-4)17(18)21/h5-9,15-16H,19H2,1-4H3/t9-,15+,16?,18-/m1/s1. The summed E-state index contributed by atoms with van der Waals surface area (Å²) in [5.41, 5.74) is 6.04. The second kappa shape index (κ2) is 5.63. The number of ketones is 2. The molecule has 0 heterocycles.